The summed E-state index contributed by atoms with van der Waals surface area (Å²) in [5, 5.41) is 12.6. The molecule has 4 aromatic carbocycles. The monoisotopic (exact) mass is 585 g/mol. The van der Waals surface area contributed by atoms with Crippen LogP contribution in [0.25, 0.3) is 0 Å². The maximum Gasteiger partial charge on any atom is 0.234 e. The number of amides is 2. The number of nitrogens with one attached hydrogen (secondary N) is 1. The van der Waals surface area contributed by atoms with Gasteiger partial charge in [0.15, 0.2) is 0 Å². The molecule has 3 atom stereocenters. The third kappa shape index (κ3) is 5.87. The molecular weight excluding hydrogens is 546 g/mol. The standard InChI is InChI=1S/C38H39N3O3/c42-32-14-16-34-30(24-32)11-15-33(27-6-2-1-3-7-27)37(34)28-9-12-31(13-10-28)41-21-19-40(20-22-41)25-26-5-4-8-29(23-26)35-17-18-36(43)39-38(35)44/h1-10,12-14,16,23-24,33,35,37,42H,11,15,17-22,25H2,(H,39,43,44)/t33-,35?,37+/m1/s1. The smallest absolute Gasteiger partial charge is 0.234 e. The fourth-order valence-corrected chi connectivity index (χ4v) is 7.51. The van der Waals surface area contributed by atoms with Crippen molar-refractivity contribution in [3.63, 3.8) is 0 Å². The number of aryl methyl sites for hydroxylation is 1. The number of piperidine rings is 1. The zero-order chi connectivity index (χ0) is 30.0. The highest BCUT2D eigenvalue weighted by molar-refractivity contribution is 6.00. The highest BCUT2D eigenvalue weighted by Gasteiger charge is 2.32. The minimum absolute atomic E-state index is 0.174. The van der Waals surface area contributed by atoms with E-state index in [4.69, 9.17) is 0 Å². The number of fused-ring (bicyclic) bond motifs is 1. The molecule has 4 aromatic rings. The average Bonchev–Trinajstić information content (AvgIpc) is 3.05. The van der Waals surface area contributed by atoms with E-state index in [0.29, 0.717) is 24.5 Å². The lowest BCUT2D eigenvalue weighted by molar-refractivity contribution is -0.134. The maximum atomic E-state index is 12.4. The van der Waals surface area contributed by atoms with Gasteiger partial charge in [0, 0.05) is 50.7 Å². The fourth-order valence-electron chi connectivity index (χ4n) is 7.51. The molecule has 224 valence electrons. The molecule has 3 aliphatic rings. The van der Waals surface area contributed by atoms with Crippen LogP contribution in [-0.4, -0.2) is 48.0 Å². The number of benzene rings is 4. The summed E-state index contributed by atoms with van der Waals surface area (Å²) in [4.78, 5) is 28.9. The SMILES string of the molecule is O=C1CCC(c2cccc(CN3CCN(c4ccc([C@@H]5c6ccc(O)cc6CC[C@@H]5c5ccccc5)cc4)CC3)c2)C(=O)N1. The molecule has 0 aromatic heterocycles. The predicted molar refractivity (Wildman–Crippen MR) is 173 cm³/mol. The lowest BCUT2D eigenvalue weighted by atomic mass is 9.69. The molecule has 0 radical (unpaired) electrons. The summed E-state index contributed by atoms with van der Waals surface area (Å²) in [5.41, 5.74) is 8.74. The molecule has 44 heavy (non-hydrogen) atoms. The molecule has 2 amide bonds. The number of phenolic OH excluding ortho intramolecular Hbond substituents is 1. The first-order valence-corrected chi connectivity index (χ1v) is 15.9. The molecule has 2 fully saturated rings. The van der Waals surface area contributed by atoms with Crippen LogP contribution in [-0.2, 0) is 22.6 Å². The number of phenols is 1. The van der Waals surface area contributed by atoms with Crippen molar-refractivity contribution in [1.29, 1.82) is 0 Å². The van der Waals surface area contributed by atoms with E-state index < -0.39 is 0 Å². The van der Waals surface area contributed by atoms with E-state index in [0.717, 1.165) is 51.1 Å². The largest absolute Gasteiger partial charge is 0.508 e. The number of hydrogen-bond acceptors (Lipinski definition) is 5. The Labute approximate surface area is 259 Å². The number of rotatable bonds is 6. The molecule has 0 saturated carbocycles. The number of imide groups is 1. The zero-order valence-corrected chi connectivity index (χ0v) is 25.0. The Bertz CT molecular complexity index is 1640. The normalized spacial score (nSPS) is 22.4. The van der Waals surface area contributed by atoms with Gasteiger partial charge in [0.05, 0.1) is 5.92 Å². The average molecular weight is 586 g/mol. The Hall–Kier alpha value is -4.42. The second kappa shape index (κ2) is 12.3. The lowest BCUT2D eigenvalue weighted by Crippen LogP contribution is -2.46. The molecule has 1 aliphatic carbocycles. The first-order chi connectivity index (χ1) is 21.5. The Morgan fingerprint density at radius 1 is 0.727 bits per heavy atom. The number of aromatic hydroxyl groups is 1. The highest BCUT2D eigenvalue weighted by atomic mass is 16.3. The fraction of sp³-hybridized carbons (Fsp3) is 0.316. The van der Waals surface area contributed by atoms with E-state index in [1.807, 2.05) is 24.3 Å². The van der Waals surface area contributed by atoms with Gasteiger partial charge in [-0.1, -0.05) is 72.8 Å². The van der Waals surface area contributed by atoms with Crippen molar-refractivity contribution in [3.8, 4) is 5.75 Å². The van der Waals surface area contributed by atoms with Gasteiger partial charge in [-0.3, -0.25) is 19.8 Å². The number of carbonyl (C=O) groups is 2. The van der Waals surface area contributed by atoms with Crippen molar-refractivity contribution in [2.45, 2.75) is 50.0 Å². The topological polar surface area (TPSA) is 72.9 Å². The highest BCUT2D eigenvalue weighted by Crippen LogP contribution is 2.47. The van der Waals surface area contributed by atoms with Crippen LogP contribution in [0, 0.1) is 0 Å². The first-order valence-electron chi connectivity index (χ1n) is 15.9. The van der Waals surface area contributed by atoms with Crippen LogP contribution in [0.5, 0.6) is 5.75 Å². The van der Waals surface area contributed by atoms with Crippen molar-refractivity contribution in [3.05, 3.63) is 130 Å². The second-order valence-corrected chi connectivity index (χ2v) is 12.5. The summed E-state index contributed by atoms with van der Waals surface area (Å²) in [6.07, 6.45) is 3.01. The van der Waals surface area contributed by atoms with Crippen LogP contribution >= 0.6 is 0 Å². The van der Waals surface area contributed by atoms with Crippen molar-refractivity contribution in [2.24, 2.45) is 0 Å². The van der Waals surface area contributed by atoms with Gasteiger partial charge in [0.2, 0.25) is 11.8 Å². The van der Waals surface area contributed by atoms with E-state index in [1.54, 1.807) is 0 Å². The van der Waals surface area contributed by atoms with E-state index >= 15 is 0 Å². The molecule has 6 nitrogen and oxygen atoms in total. The van der Waals surface area contributed by atoms with Gasteiger partial charge >= 0.3 is 0 Å². The van der Waals surface area contributed by atoms with Gasteiger partial charge in [-0.15, -0.1) is 0 Å². The quantitative estimate of drug-likeness (QED) is 0.268. The van der Waals surface area contributed by atoms with Gasteiger partial charge in [0.1, 0.15) is 5.75 Å². The number of anilines is 1. The second-order valence-electron chi connectivity index (χ2n) is 12.5. The number of nitrogens with zero attached hydrogens (tertiary/aromatic N) is 2. The minimum Gasteiger partial charge on any atom is -0.508 e. The molecule has 6 heteroatoms. The molecule has 2 heterocycles. The maximum absolute atomic E-state index is 12.4. The number of carbonyl (C=O) groups excluding carboxylic acids is 2. The van der Waals surface area contributed by atoms with Gasteiger partial charge in [-0.2, -0.15) is 0 Å². The summed E-state index contributed by atoms with van der Waals surface area (Å²) < 4.78 is 0. The van der Waals surface area contributed by atoms with E-state index in [2.05, 4.69) is 87.9 Å². The lowest BCUT2D eigenvalue weighted by Gasteiger charge is -2.37. The van der Waals surface area contributed by atoms with E-state index in [-0.39, 0.29) is 23.7 Å². The van der Waals surface area contributed by atoms with Crippen molar-refractivity contribution in [1.82, 2.24) is 10.2 Å². The Morgan fingerprint density at radius 3 is 2.27 bits per heavy atom. The van der Waals surface area contributed by atoms with Gasteiger partial charge < -0.3 is 10.0 Å². The number of hydrogen-bond donors (Lipinski definition) is 2. The van der Waals surface area contributed by atoms with Crippen LogP contribution in [0.15, 0.2) is 97.1 Å². The van der Waals surface area contributed by atoms with Crippen LogP contribution in [0.2, 0.25) is 0 Å². The first kappa shape index (κ1) is 28.4. The third-order valence-electron chi connectivity index (χ3n) is 9.80. The summed E-state index contributed by atoms with van der Waals surface area (Å²) in [7, 11) is 0. The summed E-state index contributed by atoms with van der Waals surface area (Å²) in [6, 6.07) is 34.2. The van der Waals surface area contributed by atoms with Gasteiger partial charge in [-0.25, -0.2) is 0 Å². The van der Waals surface area contributed by atoms with E-state index in [1.165, 1.54) is 33.5 Å². The molecule has 0 spiro atoms. The summed E-state index contributed by atoms with van der Waals surface area (Å²) in [6.45, 7) is 4.72. The molecular formula is C38H39N3O3. The molecule has 0 bridgehead atoms. The molecule has 2 saturated heterocycles. The molecule has 7 rings (SSSR count). The van der Waals surface area contributed by atoms with E-state index in [9.17, 15) is 14.7 Å². The van der Waals surface area contributed by atoms with Crippen LogP contribution < -0.4 is 10.2 Å². The third-order valence-corrected chi connectivity index (χ3v) is 9.80. The zero-order valence-electron chi connectivity index (χ0n) is 25.0. The van der Waals surface area contributed by atoms with Crippen molar-refractivity contribution < 1.29 is 14.7 Å². The Morgan fingerprint density at radius 2 is 1.50 bits per heavy atom. The molecule has 1 unspecified atom stereocenters. The van der Waals surface area contributed by atoms with Gasteiger partial charge in [0.25, 0.3) is 0 Å². The molecule has 2 aliphatic heterocycles. The van der Waals surface area contributed by atoms with Crippen LogP contribution in [0.1, 0.15) is 70.4 Å². The Balaban J connectivity index is 1.02. The predicted octanol–water partition coefficient (Wildman–Crippen LogP) is 6.10. The minimum atomic E-state index is -0.246. The van der Waals surface area contributed by atoms with Crippen LogP contribution in [0.3, 0.4) is 0 Å². The Kier molecular flexibility index (Phi) is 7.92. The number of piperazine rings is 1. The molecule has 2 N–H and O–H groups in total. The summed E-state index contributed by atoms with van der Waals surface area (Å²) >= 11 is 0. The van der Waals surface area contributed by atoms with Crippen LogP contribution in [0.4, 0.5) is 5.69 Å². The van der Waals surface area contributed by atoms with Crippen molar-refractivity contribution in [2.75, 3.05) is 31.1 Å². The van der Waals surface area contributed by atoms with Gasteiger partial charge in [-0.05, 0) is 82.8 Å². The van der Waals surface area contributed by atoms with Crippen molar-refractivity contribution >= 4 is 17.5 Å². The summed E-state index contributed by atoms with van der Waals surface area (Å²) in [5.74, 6) is 0.397.